The van der Waals surface area contributed by atoms with E-state index >= 15 is 0 Å². The molecule has 0 aliphatic rings. The molecular weight excluding hydrogens is 281 g/mol. The Morgan fingerprint density at radius 3 is 1.41 bits per heavy atom. The quantitative estimate of drug-likeness (QED) is 0.259. The number of hydrogen-bond donors (Lipinski definition) is 0. The first-order chi connectivity index (χ1) is 7.41. The topological polar surface area (TPSA) is 0 Å². The van der Waals surface area contributed by atoms with Gasteiger partial charge in [-0.2, -0.15) is 0 Å². The average Bonchev–Trinajstić information content (AvgIpc) is 2.26. The molecule has 0 saturated heterocycles. The zero-order chi connectivity index (χ0) is 11.2. The van der Waals surface area contributed by atoms with E-state index in [-0.39, 0.29) is 31.9 Å². The van der Waals surface area contributed by atoms with Gasteiger partial charge in [0, 0.05) is 25.9 Å². The van der Waals surface area contributed by atoms with Crippen LogP contribution in [0.2, 0.25) is 0 Å². The Hall–Kier alpha value is 0.473. The second-order valence-corrected chi connectivity index (χ2v) is 4.49. The van der Waals surface area contributed by atoms with Crippen molar-refractivity contribution in [2.75, 3.05) is 0 Å². The summed E-state index contributed by atoms with van der Waals surface area (Å²) in [4.78, 5) is 0. The number of unbranched alkanes of at least 4 members (excludes halogenated alkanes) is 11. The predicted octanol–water partition coefficient (Wildman–Crippen LogP) is 5.74. The molecule has 0 heterocycles. The first-order valence-electron chi connectivity index (χ1n) is 6.85. The van der Waals surface area contributed by atoms with Crippen molar-refractivity contribution in [2.45, 2.75) is 84.0 Å². The van der Waals surface area contributed by atoms with Gasteiger partial charge in [-0.05, 0) is 6.42 Å². The normalized spacial score (nSPS) is 8.94. The number of halogens is 1. The molecule has 0 amide bonds. The third-order valence-electron chi connectivity index (χ3n) is 2.92. The number of hydrogen-bond acceptors (Lipinski definition) is 0. The molecule has 0 bridgehead atoms. The molecule has 0 rings (SSSR count). The number of rotatable bonds is 11. The Morgan fingerprint density at radius 2 is 1.06 bits per heavy atom. The second kappa shape index (κ2) is 21.7. The smallest absolute Gasteiger partial charge is 0.00860 e. The van der Waals surface area contributed by atoms with E-state index in [0.717, 1.165) is 6.42 Å². The molecule has 0 aromatic carbocycles. The molecule has 0 aliphatic carbocycles. The molecule has 0 saturated carbocycles. The van der Waals surface area contributed by atoms with Crippen LogP contribution in [0.15, 0.2) is 0 Å². The standard InChI is InChI=1S/C15H28.ClH.Zn/c1-3-5-7-9-11-13-15-14-12-10-8-6-4-2;;/h1H,4-15H2,2H3;1H;. The van der Waals surface area contributed by atoms with Gasteiger partial charge >= 0.3 is 0 Å². The van der Waals surface area contributed by atoms with Crippen LogP contribution < -0.4 is 0 Å². The molecule has 0 fully saturated rings. The fourth-order valence-electron chi connectivity index (χ4n) is 1.89. The van der Waals surface area contributed by atoms with E-state index in [0.29, 0.717) is 0 Å². The maximum absolute atomic E-state index is 5.20. The fraction of sp³-hybridized carbons (Fsp3) is 0.867. The molecule has 0 N–H and O–H groups in total. The van der Waals surface area contributed by atoms with E-state index < -0.39 is 0 Å². The van der Waals surface area contributed by atoms with Gasteiger partial charge in [0.1, 0.15) is 0 Å². The minimum absolute atomic E-state index is 0. The molecular formula is C15H29ClZn. The van der Waals surface area contributed by atoms with E-state index in [2.05, 4.69) is 12.8 Å². The fourth-order valence-corrected chi connectivity index (χ4v) is 1.89. The molecule has 0 aliphatic heterocycles. The first-order valence-corrected chi connectivity index (χ1v) is 6.85. The van der Waals surface area contributed by atoms with Gasteiger partial charge in [0.2, 0.25) is 0 Å². The van der Waals surface area contributed by atoms with E-state index in [1.54, 1.807) is 0 Å². The maximum atomic E-state index is 5.20. The Bertz CT molecular complexity index is 151. The van der Waals surface area contributed by atoms with E-state index in [9.17, 15) is 0 Å². The summed E-state index contributed by atoms with van der Waals surface area (Å²) < 4.78 is 0. The molecule has 0 spiro atoms. The summed E-state index contributed by atoms with van der Waals surface area (Å²) in [6.45, 7) is 2.27. The van der Waals surface area contributed by atoms with Crippen LogP contribution in [0.25, 0.3) is 0 Å². The van der Waals surface area contributed by atoms with Crippen LogP contribution in [0.4, 0.5) is 0 Å². The van der Waals surface area contributed by atoms with Crippen molar-refractivity contribution < 1.29 is 19.5 Å². The van der Waals surface area contributed by atoms with Gasteiger partial charge < -0.3 is 0 Å². The molecule has 0 atom stereocenters. The predicted molar refractivity (Wildman–Crippen MR) is 77.2 cm³/mol. The monoisotopic (exact) mass is 308 g/mol. The molecule has 0 radical (unpaired) electrons. The summed E-state index contributed by atoms with van der Waals surface area (Å²) in [5.41, 5.74) is 0. The van der Waals surface area contributed by atoms with Gasteiger partial charge in [0.05, 0.1) is 0 Å². The second-order valence-electron chi connectivity index (χ2n) is 4.49. The van der Waals surface area contributed by atoms with Gasteiger partial charge in [-0.3, -0.25) is 0 Å². The molecule has 0 unspecified atom stereocenters. The first kappa shape index (κ1) is 22.6. The SMILES string of the molecule is C#CCCCCCCCCCCCCC.Cl.[Zn]. The molecule has 98 valence electrons. The summed E-state index contributed by atoms with van der Waals surface area (Å²) in [5, 5.41) is 0. The van der Waals surface area contributed by atoms with Crippen LogP contribution in [0.1, 0.15) is 84.0 Å². The molecule has 17 heavy (non-hydrogen) atoms. The van der Waals surface area contributed by atoms with Crippen LogP contribution in [0, 0.1) is 12.3 Å². The zero-order valence-electron chi connectivity index (χ0n) is 11.7. The van der Waals surface area contributed by atoms with Gasteiger partial charge in [0.25, 0.3) is 0 Å². The third-order valence-corrected chi connectivity index (χ3v) is 2.92. The van der Waals surface area contributed by atoms with Crippen molar-refractivity contribution in [2.24, 2.45) is 0 Å². The van der Waals surface area contributed by atoms with Crippen LogP contribution in [-0.2, 0) is 19.5 Å². The zero-order valence-corrected chi connectivity index (χ0v) is 15.5. The summed E-state index contributed by atoms with van der Waals surface area (Å²) in [6.07, 6.45) is 21.5. The summed E-state index contributed by atoms with van der Waals surface area (Å²) in [5.74, 6) is 2.70. The third kappa shape index (κ3) is 22.2. The number of terminal acetylenes is 1. The van der Waals surface area contributed by atoms with Gasteiger partial charge in [-0.1, -0.05) is 71.1 Å². The summed E-state index contributed by atoms with van der Waals surface area (Å²) in [6, 6.07) is 0. The molecule has 0 nitrogen and oxygen atoms in total. The maximum Gasteiger partial charge on any atom is 0.00860 e. The minimum Gasteiger partial charge on any atom is -0.147 e. The van der Waals surface area contributed by atoms with Crippen molar-refractivity contribution in [3.05, 3.63) is 0 Å². The molecule has 2 heteroatoms. The molecule has 0 aromatic heterocycles. The Kier molecular flexibility index (Phi) is 28.9. The van der Waals surface area contributed by atoms with Gasteiger partial charge in [-0.15, -0.1) is 24.8 Å². The van der Waals surface area contributed by atoms with E-state index in [1.807, 2.05) is 0 Å². The van der Waals surface area contributed by atoms with E-state index in [1.165, 1.54) is 70.6 Å². The van der Waals surface area contributed by atoms with E-state index in [4.69, 9.17) is 6.42 Å². The average molecular weight is 310 g/mol. The van der Waals surface area contributed by atoms with Crippen molar-refractivity contribution in [3.8, 4) is 12.3 Å². The van der Waals surface area contributed by atoms with Gasteiger partial charge in [-0.25, -0.2) is 0 Å². The van der Waals surface area contributed by atoms with Crippen LogP contribution in [0.5, 0.6) is 0 Å². The Morgan fingerprint density at radius 1 is 0.706 bits per heavy atom. The Balaban J connectivity index is -0.000000980. The molecule has 0 aromatic rings. The van der Waals surface area contributed by atoms with Crippen molar-refractivity contribution in [1.29, 1.82) is 0 Å². The van der Waals surface area contributed by atoms with Gasteiger partial charge in [0.15, 0.2) is 0 Å². The van der Waals surface area contributed by atoms with Crippen LogP contribution in [-0.4, -0.2) is 0 Å². The Labute approximate surface area is 128 Å². The van der Waals surface area contributed by atoms with Crippen molar-refractivity contribution in [3.63, 3.8) is 0 Å². The summed E-state index contributed by atoms with van der Waals surface area (Å²) >= 11 is 0. The van der Waals surface area contributed by atoms with Crippen molar-refractivity contribution in [1.82, 2.24) is 0 Å². The van der Waals surface area contributed by atoms with Crippen LogP contribution in [0.3, 0.4) is 0 Å². The minimum atomic E-state index is 0. The van der Waals surface area contributed by atoms with Crippen molar-refractivity contribution >= 4 is 12.4 Å². The van der Waals surface area contributed by atoms with Crippen LogP contribution >= 0.6 is 12.4 Å². The largest absolute Gasteiger partial charge is 0.147 e. The summed E-state index contributed by atoms with van der Waals surface area (Å²) in [7, 11) is 0.